The van der Waals surface area contributed by atoms with E-state index in [-0.39, 0.29) is 12.1 Å². The second-order valence-corrected chi connectivity index (χ2v) is 5.71. The van der Waals surface area contributed by atoms with Crippen LogP contribution in [-0.4, -0.2) is 10.9 Å². The van der Waals surface area contributed by atoms with E-state index in [1.807, 2.05) is 0 Å². The molecule has 21 heavy (non-hydrogen) atoms. The summed E-state index contributed by atoms with van der Waals surface area (Å²) in [7, 11) is 0. The van der Waals surface area contributed by atoms with Crippen molar-refractivity contribution in [2.75, 3.05) is 0 Å². The smallest absolute Gasteiger partial charge is 0.270 e. The molecular formula is C14H9ClNO4S-. The first-order valence-corrected chi connectivity index (χ1v) is 7.06. The molecule has 0 fully saturated rings. The van der Waals surface area contributed by atoms with Gasteiger partial charge in [0.15, 0.2) is 0 Å². The van der Waals surface area contributed by atoms with Crippen LogP contribution in [0.2, 0.25) is 5.02 Å². The number of aliphatic carboxylic acids is 1. The maximum atomic E-state index is 10.8. The van der Waals surface area contributed by atoms with Crippen molar-refractivity contribution in [3.63, 3.8) is 0 Å². The van der Waals surface area contributed by atoms with E-state index >= 15 is 0 Å². The fourth-order valence-electron chi connectivity index (χ4n) is 1.68. The summed E-state index contributed by atoms with van der Waals surface area (Å²) in [4.78, 5) is 22.4. The van der Waals surface area contributed by atoms with E-state index in [1.165, 1.54) is 30.0 Å². The quantitative estimate of drug-likeness (QED) is 0.624. The zero-order chi connectivity index (χ0) is 15.4. The molecule has 0 aliphatic heterocycles. The van der Waals surface area contributed by atoms with Gasteiger partial charge in [-0.05, 0) is 29.8 Å². The van der Waals surface area contributed by atoms with E-state index in [0.29, 0.717) is 15.5 Å². The summed E-state index contributed by atoms with van der Waals surface area (Å²) >= 11 is 7.04. The molecule has 0 atom stereocenters. The number of benzene rings is 2. The van der Waals surface area contributed by atoms with Gasteiger partial charge in [-0.25, -0.2) is 0 Å². The molecule has 0 heterocycles. The Bertz CT molecular complexity index is 688. The highest BCUT2D eigenvalue weighted by atomic mass is 35.5. The van der Waals surface area contributed by atoms with Crippen LogP contribution >= 0.6 is 23.4 Å². The fourth-order valence-corrected chi connectivity index (χ4v) is 2.79. The number of non-ortho nitro benzene ring substituents is 1. The standard InChI is InChI=1S/C14H10ClNO4S/c15-10-2-5-12(6-3-10)21-13-8-11(16(19)20)4-1-9(13)7-14(17)18/h1-6,8H,7H2,(H,17,18)/p-1. The lowest BCUT2D eigenvalue weighted by molar-refractivity contribution is -0.385. The van der Waals surface area contributed by atoms with E-state index in [4.69, 9.17) is 11.6 Å². The van der Waals surface area contributed by atoms with E-state index < -0.39 is 10.9 Å². The molecule has 0 saturated carbocycles. The molecule has 0 aromatic heterocycles. The molecule has 0 unspecified atom stereocenters. The summed E-state index contributed by atoms with van der Waals surface area (Å²) < 4.78 is 0. The van der Waals surface area contributed by atoms with Crippen LogP contribution in [0, 0.1) is 10.1 Å². The van der Waals surface area contributed by atoms with E-state index in [1.54, 1.807) is 24.3 Å². The van der Waals surface area contributed by atoms with Crippen LogP contribution < -0.4 is 5.11 Å². The number of carboxylic acid groups (broad SMARTS) is 1. The van der Waals surface area contributed by atoms with Gasteiger partial charge >= 0.3 is 0 Å². The minimum absolute atomic E-state index is 0.0893. The molecule has 0 radical (unpaired) electrons. The number of nitro benzene ring substituents is 1. The Morgan fingerprint density at radius 1 is 1.19 bits per heavy atom. The zero-order valence-electron chi connectivity index (χ0n) is 10.6. The lowest BCUT2D eigenvalue weighted by atomic mass is 10.1. The lowest BCUT2D eigenvalue weighted by Gasteiger charge is -2.10. The van der Waals surface area contributed by atoms with Crippen LogP contribution in [0.1, 0.15) is 5.56 Å². The third-order valence-electron chi connectivity index (χ3n) is 2.64. The van der Waals surface area contributed by atoms with Gasteiger partial charge in [-0.3, -0.25) is 10.1 Å². The van der Waals surface area contributed by atoms with E-state index in [0.717, 1.165) is 4.90 Å². The van der Waals surface area contributed by atoms with Crippen LogP contribution in [0.5, 0.6) is 0 Å². The first-order chi connectivity index (χ1) is 9.95. The Kier molecular flexibility index (Phi) is 4.82. The SMILES string of the molecule is O=C([O-])Cc1ccc([N+](=O)[O-])cc1Sc1ccc(Cl)cc1. The van der Waals surface area contributed by atoms with Crippen LogP contribution in [0.15, 0.2) is 52.3 Å². The van der Waals surface area contributed by atoms with Crippen molar-refractivity contribution in [2.45, 2.75) is 16.2 Å². The van der Waals surface area contributed by atoms with Gasteiger partial charge in [0.05, 0.1) is 4.92 Å². The Labute approximate surface area is 129 Å². The number of nitro groups is 1. The molecule has 0 aliphatic carbocycles. The summed E-state index contributed by atoms with van der Waals surface area (Å²) in [6.45, 7) is 0. The predicted molar refractivity (Wildman–Crippen MR) is 77.4 cm³/mol. The number of halogens is 1. The molecule has 108 valence electrons. The van der Waals surface area contributed by atoms with Crippen LogP contribution in [-0.2, 0) is 11.2 Å². The number of hydrogen-bond acceptors (Lipinski definition) is 5. The third-order valence-corrected chi connectivity index (χ3v) is 4.00. The molecule has 2 aromatic rings. The monoisotopic (exact) mass is 322 g/mol. The highest BCUT2D eigenvalue weighted by Crippen LogP contribution is 2.33. The molecule has 0 aliphatic rings. The molecule has 0 saturated heterocycles. The van der Waals surface area contributed by atoms with Gasteiger partial charge in [0.1, 0.15) is 0 Å². The van der Waals surface area contributed by atoms with Gasteiger partial charge in [-0.15, -0.1) is 0 Å². The Morgan fingerprint density at radius 2 is 1.86 bits per heavy atom. The average molecular weight is 323 g/mol. The summed E-state index contributed by atoms with van der Waals surface area (Å²) in [5, 5.41) is 22.2. The second kappa shape index (κ2) is 6.60. The van der Waals surface area contributed by atoms with Crippen molar-refractivity contribution in [2.24, 2.45) is 0 Å². The highest BCUT2D eigenvalue weighted by Gasteiger charge is 2.12. The summed E-state index contributed by atoms with van der Waals surface area (Å²) in [5.41, 5.74) is 0.383. The number of rotatable bonds is 5. The van der Waals surface area contributed by atoms with Gasteiger partial charge < -0.3 is 9.90 Å². The van der Waals surface area contributed by atoms with Gasteiger partial charge in [-0.1, -0.05) is 29.4 Å². The lowest BCUT2D eigenvalue weighted by Crippen LogP contribution is -2.24. The largest absolute Gasteiger partial charge is 0.550 e. The van der Waals surface area contributed by atoms with Crippen molar-refractivity contribution in [1.82, 2.24) is 0 Å². The molecule has 2 rings (SSSR count). The molecule has 5 nitrogen and oxygen atoms in total. The van der Waals surface area contributed by atoms with Crippen molar-refractivity contribution < 1.29 is 14.8 Å². The van der Waals surface area contributed by atoms with Crippen LogP contribution in [0.25, 0.3) is 0 Å². The molecule has 7 heteroatoms. The number of carboxylic acids is 1. The molecule has 0 bridgehead atoms. The maximum absolute atomic E-state index is 10.8. The fraction of sp³-hybridized carbons (Fsp3) is 0.0714. The van der Waals surface area contributed by atoms with E-state index in [2.05, 4.69) is 0 Å². The minimum Gasteiger partial charge on any atom is -0.550 e. The molecule has 2 aromatic carbocycles. The van der Waals surface area contributed by atoms with Gasteiger partial charge in [0.25, 0.3) is 5.69 Å². The number of carbonyl (C=O) groups excluding carboxylic acids is 1. The molecule has 0 amide bonds. The number of hydrogen-bond donors (Lipinski definition) is 0. The van der Waals surface area contributed by atoms with Gasteiger partial charge in [0, 0.05) is 39.3 Å². The van der Waals surface area contributed by atoms with Crippen LogP contribution in [0.3, 0.4) is 0 Å². The van der Waals surface area contributed by atoms with Crippen molar-refractivity contribution in [3.8, 4) is 0 Å². The van der Waals surface area contributed by atoms with Crippen molar-refractivity contribution >= 4 is 35.0 Å². The normalized spacial score (nSPS) is 10.3. The summed E-state index contributed by atoms with van der Waals surface area (Å²) in [6.07, 6.45) is -0.298. The first-order valence-electron chi connectivity index (χ1n) is 5.86. The Balaban J connectivity index is 2.37. The average Bonchev–Trinajstić information content (AvgIpc) is 2.42. The number of nitrogens with zero attached hydrogens (tertiary/aromatic N) is 1. The number of carbonyl (C=O) groups is 1. The zero-order valence-corrected chi connectivity index (χ0v) is 12.2. The Morgan fingerprint density at radius 3 is 2.43 bits per heavy atom. The first kappa shape index (κ1) is 15.3. The highest BCUT2D eigenvalue weighted by molar-refractivity contribution is 7.99. The minimum atomic E-state index is -1.23. The summed E-state index contributed by atoms with van der Waals surface area (Å²) in [5.74, 6) is -1.23. The topological polar surface area (TPSA) is 83.3 Å². The maximum Gasteiger partial charge on any atom is 0.270 e. The molecular weight excluding hydrogens is 314 g/mol. The molecule has 0 spiro atoms. The van der Waals surface area contributed by atoms with Crippen molar-refractivity contribution in [3.05, 3.63) is 63.2 Å². The van der Waals surface area contributed by atoms with E-state index in [9.17, 15) is 20.0 Å². The third kappa shape index (κ3) is 4.21. The van der Waals surface area contributed by atoms with Gasteiger partial charge in [0.2, 0.25) is 0 Å². The summed E-state index contributed by atoms with van der Waals surface area (Å²) in [6, 6.07) is 11.0. The van der Waals surface area contributed by atoms with Crippen LogP contribution in [0.4, 0.5) is 5.69 Å². The second-order valence-electron chi connectivity index (χ2n) is 4.15. The molecule has 0 N–H and O–H groups in total. The van der Waals surface area contributed by atoms with Gasteiger partial charge in [-0.2, -0.15) is 0 Å². The Hall–Kier alpha value is -2.05. The van der Waals surface area contributed by atoms with Crippen molar-refractivity contribution in [1.29, 1.82) is 0 Å². The predicted octanol–water partition coefficient (Wildman–Crippen LogP) is 2.69.